The first-order valence-corrected chi connectivity index (χ1v) is 6.22. The van der Waals surface area contributed by atoms with Crippen molar-refractivity contribution in [2.24, 2.45) is 0 Å². The molecule has 110 valence electrons. The van der Waals surface area contributed by atoms with E-state index in [0.29, 0.717) is 5.69 Å². The molecule has 1 heterocycles. The van der Waals surface area contributed by atoms with Gasteiger partial charge in [-0.25, -0.2) is 4.68 Å². The van der Waals surface area contributed by atoms with Crippen LogP contribution >= 0.6 is 0 Å². The molecule has 0 saturated heterocycles. The van der Waals surface area contributed by atoms with Crippen LogP contribution in [-0.4, -0.2) is 28.4 Å². The number of nitrogens with zero attached hydrogens (tertiary/aromatic N) is 2. The second-order valence-electron chi connectivity index (χ2n) is 4.82. The van der Waals surface area contributed by atoms with Crippen molar-refractivity contribution >= 4 is 5.91 Å². The van der Waals surface area contributed by atoms with E-state index >= 15 is 0 Å². The van der Waals surface area contributed by atoms with Crippen LogP contribution in [0.4, 0.5) is 13.2 Å². The van der Waals surface area contributed by atoms with Crippen LogP contribution in [0.2, 0.25) is 0 Å². The van der Waals surface area contributed by atoms with Gasteiger partial charge in [-0.05, 0) is 25.8 Å². The van der Waals surface area contributed by atoms with Crippen molar-refractivity contribution in [1.29, 1.82) is 0 Å². The summed E-state index contributed by atoms with van der Waals surface area (Å²) in [4.78, 5) is 23.3. The van der Waals surface area contributed by atoms with E-state index in [9.17, 15) is 22.8 Å². The fourth-order valence-electron chi connectivity index (χ4n) is 1.76. The van der Waals surface area contributed by atoms with E-state index in [1.165, 1.54) is 13.0 Å². The van der Waals surface area contributed by atoms with Crippen LogP contribution in [0.1, 0.15) is 37.4 Å². The Morgan fingerprint density at radius 2 is 2.15 bits per heavy atom. The van der Waals surface area contributed by atoms with Gasteiger partial charge in [0.05, 0.1) is 5.69 Å². The van der Waals surface area contributed by atoms with Crippen LogP contribution in [0.15, 0.2) is 16.9 Å². The van der Waals surface area contributed by atoms with Gasteiger partial charge in [-0.1, -0.05) is 0 Å². The summed E-state index contributed by atoms with van der Waals surface area (Å²) in [7, 11) is 0. The molecular weight excluding hydrogens is 275 g/mol. The van der Waals surface area contributed by atoms with E-state index in [2.05, 4.69) is 5.10 Å². The van der Waals surface area contributed by atoms with Crippen LogP contribution in [0.5, 0.6) is 0 Å². The predicted octanol–water partition coefficient (Wildman–Crippen LogP) is 1.36. The number of alkyl halides is 3. The number of carbonyl (C=O) groups excluding carboxylic acids is 1. The monoisotopic (exact) mass is 289 g/mol. The van der Waals surface area contributed by atoms with E-state index in [0.717, 1.165) is 17.5 Å². The van der Waals surface area contributed by atoms with Gasteiger partial charge in [0.1, 0.15) is 12.6 Å². The Kier molecular flexibility index (Phi) is 3.82. The molecule has 0 spiro atoms. The van der Waals surface area contributed by atoms with E-state index in [1.54, 1.807) is 11.4 Å². The lowest BCUT2D eigenvalue weighted by Crippen LogP contribution is -2.41. The van der Waals surface area contributed by atoms with Gasteiger partial charge >= 0.3 is 6.18 Å². The lowest BCUT2D eigenvalue weighted by atomic mass is 10.2. The minimum absolute atomic E-state index is 0.285. The van der Waals surface area contributed by atoms with Crippen LogP contribution in [0.25, 0.3) is 0 Å². The van der Waals surface area contributed by atoms with Crippen LogP contribution in [0.3, 0.4) is 0 Å². The summed E-state index contributed by atoms with van der Waals surface area (Å²) in [6, 6.07) is 1.80. The van der Waals surface area contributed by atoms with E-state index in [1.807, 2.05) is 0 Å². The maximum Gasteiger partial charge on any atom is 0.405 e. The number of rotatable bonds is 4. The molecule has 1 aliphatic carbocycles. The summed E-state index contributed by atoms with van der Waals surface area (Å²) in [5.74, 6) is -0.600. The van der Waals surface area contributed by atoms with E-state index in [-0.39, 0.29) is 5.92 Å². The maximum atomic E-state index is 12.0. The summed E-state index contributed by atoms with van der Waals surface area (Å²) in [6.45, 7) is -0.0793. The summed E-state index contributed by atoms with van der Waals surface area (Å²) >= 11 is 0. The summed E-state index contributed by atoms with van der Waals surface area (Å²) in [5.41, 5.74) is 0.184. The highest BCUT2D eigenvalue weighted by molar-refractivity contribution is 5.79. The minimum Gasteiger partial charge on any atom is -0.345 e. The highest BCUT2D eigenvalue weighted by atomic mass is 19.4. The summed E-state index contributed by atoms with van der Waals surface area (Å²) < 4.78 is 37.1. The first-order chi connectivity index (χ1) is 9.28. The molecule has 1 fully saturated rings. The molecule has 1 aliphatic rings. The SMILES string of the molecule is C[C@H](C(=O)NCC(F)(F)F)n1nc(C2CC2)ccc1=O. The Morgan fingerprint density at radius 3 is 2.70 bits per heavy atom. The van der Waals surface area contributed by atoms with E-state index in [4.69, 9.17) is 0 Å². The van der Waals surface area contributed by atoms with Crippen molar-refractivity contribution < 1.29 is 18.0 Å². The molecule has 1 aromatic rings. The standard InChI is InChI=1S/C12H14F3N3O2/c1-7(11(20)16-6-12(13,14)15)18-10(19)5-4-9(17-18)8-2-3-8/h4-5,7-8H,2-3,6H2,1H3,(H,16,20)/t7-/m1/s1. The summed E-state index contributed by atoms with van der Waals surface area (Å²) in [6.07, 6.45) is -2.54. The summed E-state index contributed by atoms with van der Waals surface area (Å²) in [5, 5.41) is 5.81. The first kappa shape index (κ1) is 14.5. The predicted molar refractivity (Wildman–Crippen MR) is 64.2 cm³/mol. The quantitative estimate of drug-likeness (QED) is 0.910. The van der Waals surface area contributed by atoms with Crippen LogP contribution in [-0.2, 0) is 4.79 Å². The lowest BCUT2D eigenvalue weighted by molar-refractivity contribution is -0.140. The third kappa shape index (κ3) is 3.58. The largest absolute Gasteiger partial charge is 0.405 e. The number of nitrogens with one attached hydrogen (secondary N) is 1. The molecule has 0 aliphatic heterocycles. The van der Waals surface area contributed by atoms with Crippen molar-refractivity contribution in [2.75, 3.05) is 6.54 Å². The molecule has 0 aromatic carbocycles. The molecule has 20 heavy (non-hydrogen) atoms. The fourth-order valence-corrected chi connectivity index (χ4v) is 1.76. The Morgan fingerprint density at radius 1 is 1.50 bits per heavy atom. The minimum atomic E-state index is -4.48. The average molecular weight is 289 g/mol. The molecule has 1 amide bonds. The van der Waals surface area contributed by atoms with Gasteiger partial charge in [0, 0.05) is 12.0 Å². The first-order valence-electron chi connectivity index (χ1n) is 6.22. The van der Waals surface area contributed by atoms with Gasteiger partial charge in [0.25, 0.3) is 5.56 Å². The highest BCUT2D eigenvalue weighted by Gasteiger charge is 2.30. The van der Waals surface area contributed by atoms with Gasteiger partial charge in [-0.2, -0.15) is 18.3 Å². The number of aromatic nitrogens is 2. The van der Waals surface area contributed by atoms with Crippen molar-refractivity contribution in [3.8, 4) is 0 Å². The van der Waals surface area contributed by atoms with Crippen molar-refractivity contribution in [3.63, 3.8) is 0 Å². The molecule has 0 unspecified atom stereocenters. The van der Waals surface area contributed by atoms with Gasteiger partial charge in [0.2, 0.25) is 5.91 Å². The smallest absolute Gasteiger partial charge is 0.345 e. The molecule has 0 bridgehead atoms. The number of amides is 1. The molecule has 0 radical (unpaired) electrons. The Labute approximate surface area is 112 Å². The molecule has 1 atom stereocenters. The van der Waals surface area contributed by atoms with Gasteiger partial charge in [-0.3, -0.25) is 9.59 Å². The molecule has 2 rings (SSSR count). The topological polar surface area (TPSA) is 64.0 Å². The highest BCUT2D eigenvalue weighted by Crippen LogP contribution is 2.38. The van der Waals surface area contributed by atoms with Gasteiger partial charge in [-0.15, -0.1) is 0 Å². The average Bonchev–Trinajstić information content (AvgIpc) is 3.19. The molecule has 8 heteroatoms. The zero-order valence-corrected chi connectivity index (χ0v) is 10.8. The van der Waals surface area contributed by atoms with Gasteiger partial charge in [0.15, 0.2) is 0 Å². The Hall–Kier alpha value is -1.86. The number of carbonyl (C=O) groups is 1. The Balaban J connectivity index is 2.11. The zero-order chi connectivity index (χ0) is 14.9. The molecule has 5 nitrogen and oxygen atoms in total. The van der Waals surface area contributed by atoms with Crippen molar-refractivity contribution in [2.45, 2.75) is 37.9 Å². The zero-order valence-electron chi connectivity index (χ0n) is 10.8. The second-order valence-corrected chi connectivity index (χ2v) is 4.82. The van der Waals surface area contributed by atoms with Crippen molar-refractivity contribution in [1.82, 2.24) is 15.1 Å². The lowest BCUT2D eigenvalue weighted by Gasteiger charge is -2.15. The van der Waals surface area contributed by atoms with Gasteiger partial charge < -0.3 is 5.32 Å². The van der Waals surface area contributed by atoms with Crippen molar-refractivity contribution in [3.05, 3.63) is 28.2 Å². The number of hydrogen-bond donors (Lipinski definition) is 1. The fraction of sp³-hybridized carbons (Fsp3) is 0.583. The number of hydrogen-bond acceptors (Lipinski definition) is 3. The Bertz CT molecular complexity index is 564. The third-order valence-corrected chi connectivity index (χ3v) is 3.05. The van der Waals surface area contributed by atoms with Crippen LogP contribution in [0, 0.1) is 0 Å². The second kappa shape index (κ2) is 5.26. The molecule has 1 N–H and O–H groups in total. The molecular formula is C12H14F3N3O2. The third-order valence-electron chi connectivity index (χ3n) is 3.05. The number of halogens is 3. The normalized spacial score (nSPS) is 16.8. The van der Waals surface area contributed by atoms with Crippen LogP contribution < -0.4 is 10.9 Å². The molecule has 1 saturated carbocycles. The molecule has 1 aromatic heterocycles. The maximum absolute atomic E-state index is 12.0. The van der Waals surface area contributed by atoms with E-state index < -0.39 is 30.2 Å².